The number of allylic oxidation sites excluding steroid dienone is 11. The second-order valence-electron chi connectivity index (χ2n) is 22.9. The Morgan fingerprint density at radius 3 is 1.36 bits per heavy atom. The van der Waals surface area contributed by atoms with Crippen LogP contribution in [0.3, 0.4) is 0 Å². The van der Waals surface area contributed by atoms with Crippen LogP contribution < -0.4 is 5.32 Å². The van der Waals surface area contributed by atoms with E-state index in [1.165, 1.54) is 161 Å². The first-order chi connectivity index (χ1) is 39.6. The molecule has 470 valence electrons. The van der Waals surface area contributed by atoms with Crippen molar-refractivity contribution in [1.82, 2.24) is 5.32 Å². The van der Waals surface area contributed by atoms with E-state index < -0.39 is 86.8 Å². The van der Waals surface area contributed by atoms with E-state index in [1.807, 2.05) is 6.08 Å². The first-order valence-electron chi connectivity index (χ1n) is 32.7. The Kier molecular flexibility index (Phi) is 47.7. The molecule has 2 rings (SSSR count). The molecule has 2 saturated heterocycles. The molecule has 2 aliphatic heterocycles. The van der Waals surface area contributed by atoms with Gasteiger partial charge in [0.15, 0.2) is 12.6 Å². The van der Waals surface area contributed by atoms with Crippen molar-refractivity contribution in [3.63, 3.8) is 0 Å². The zero-order chi connectivity index (χ0) is 58.8. The van der Waals surface area contributed by atoms with Gasteiger partial charge in [-0.15, -0.1) is 0 Å². The van der Waals surface area contributed by atoms with Crippen LogP contribution in [0.5, 0.6) is 0 Å². The second kappa shape index (κ2) is 51.8. The molecule has 12 unspecified atom stereocenters. The van der Waals surface area contributed by atoms with Crippen LogP contribution in [0, 0.1) is 0 Å². The Labute approximate surface area is 491 Å². The highest BCUT2D eigenvalue weighted by atomic mass is 16.7. The molecular weight excluding hydrogens is 1030 g/mol. The molecule has 2 fully saturated rings. The summed E-state index contributed by atoms with van der Waals surface area (Å²) in [6.45, 7) is 2.68. The molecule has 2 heterocycles. The fourth-order valence-electron chi connectivity index (χ4n) is 10.4. The molecule has 9 N–H and O–H groups in total. The average Bonchev–Trinajstić information content (AvgIpc) is 3.47. The molecule has 81 heavy (non-hydrogen) atoms. The third-order valence-electron chi connectivity index (χ3n) is 15.6. The van der Waals surface area contributed by atoms with E-state index in [-0.39, 0.29) is 18.9 Å². The summed E-state index contributed by atoms with van der Waals surface area (Å²) >= 11 is 0. The molecule has 0 aromatic rings. The van der Waals surface area contributed by atoms with Crippen LogP contribution in [0.4, 0.5) is 0 Å². The molecule has 1 amide bonds. The minimum atomic E-state index is -1.79. The molecule has 0 aromatic heterocycles. The SMILES string of the molecule is CC/C=C\C/C=C\C/C=C\C/C=C\CCCCCCCCCCCCCCCCCCCCC(=O)NC(COC1OC(CO)C(OC2OC(CO)C(O)C(O)C2O)C(O)C1O)C(O)/C=C/CC/C=C/CCCCCCCCCCCC. The number of amides is 1. The second-order valence-corrected chi connectivity index (χ2v) is 22.9. The van der Waals surface area contributed by atoms with Gasteiger partial charge in [0.2, 0.25) is 5.91 Å². The number of nitrogens with one attached hydrogen (secondary N) is 1. The minimum Gasteiger partial charge on any atom is -0.394 e. The predicted molar refractivity (Wildman–Crippen MR) is 327 cm³/mol. The van der Waals surface area contributed by atoms with Crippen molar-refractivity contribution < 1.29 is 64.6 Å². The molecule has 14 heteroatoms. The summed E-state index contributed by atoms with van der Waals surface area (Å²) in [6.07, 6.45) is 52.4. The van der Waals surface area contributed by atoms with Crippen LogP contribution in [0.15, 0.2) is 72.9 Å². The molecule has 0 bridgehead atoms. The van der Waals surface area contributed by atoms with Crippen molar-refractivity contribution in [3.8, 4) is 0 Å². The van der Waals surface area contributed by atoms with E-state index in [9.17, 15) is 45.6 Å². The molecule has 14 nitrogen and oxygen atoms in total. The number of aliphatic hydroxyl groups is 8. The summed E-state index contributed by atoms with van der Waals surface area (Å²) in [6, 6.07) is -0.933. The lowest BCUT2D eigenvalue weighted by Crippen LogP contribution is -2.65. The smallest absolute Gasteiger partial charge is 0.220 e. The van der Waals surface area contributed by atoms with Crippen LogP contribution >= 0.6 is 0 Å². The number of carbonyl (C=O) groups is 1. The van der Waals surface area contributed by atoms with Crippen molar-refractivity contribution in [2.24, 2.45) is 0 Å². The van der Waals surface area contributed by atoms with Crippen molar-refractivity contribution in [3.05, 3.63) is 72.9 Å². The van der Waals surface area contributed by atoms with Crippen LogP contribution in [0.2, 0.25) is 0 Å². The Hall–Kier alpha value is -2.57. The van der Waals surface area contributed by atoms with Gasteiger partial charge < -0.3 is 65.1 Å². The Morgan fingerprint density at radius 2 is 0.864 bits per heavy atom. The summed E-state index contributed by atoms with van der Waals surface area (Å²) in [5.74, 6) is -0.249. The van der Waals surface area contributed by atoms with Crippen LogP contribution in [0.1, 0.15) is 251 Å². The van der Waals surface area contributed by atoms with Crippen LogP contribution in [0.25, 0.3) is 0 Å². The lowest BCUT2D eigenvalue weighted by atomic mass is 9.97. The van der Waals surface area contributed by atoms with Gasteiger partial charge in [0, 0.05) is 6.42 Å². The van der Waals surface area contributed by atoms with Gasteiger partial charge in [-0.25, -0.2) is 0 Å². The lowest BCUT2D eigenvalue weighted by Gasteiger charge is -2.46. The topological polar surface area (TPSA) is 228 Å². The van der Waals surface area contributed by atoms with Gasteiger partial charge in [-0.3, -0.25) is 4.79 Å². The highest BCUT2D eigenvalue weighted by Crippen LogP contribution is 2.30. The van der Waals surface area contributed by atoms with E-state index in [1.54, 1.807) is 6.08 Å². The Balaban J connectivity index is 1.67. The first kappa shape index (κ1) is 74.5. The quantitative estimate of drug-likeness (QED) is 0.0204. The van der Waals surface area contributed by atoms with Crippen molar-refractivity contribution >= 4 is 5.91 Å². The number of unbranched alkanes of at least 4 members (excludes halogenated alkanes) is 29. The highest BCUT2D eigenvalue weighted by Gasteiger charge is 2.51. The number of rotatable bonds is 52. The summed E-state index contributed by atoms with van der Waals surface area (Å²) < 4.78 is 22.8. The monoisotopic (exact) mass is 1150 g/mol. The minimum absolute atomic E-state index is 0.249. The number of carbonyl (C=O) groups excluding carboxylic acids is 1. The number of aliphatic hydroxyl groups excluding tert-OH is 8. The largest absolute Gasteiger partial charge is 0.394 e. The van der Waals surface area contributed by atoms with Crippen molar-refractivity contribution in [1.29, 1.82) is 0 Å². The van der Waals surface area contributed by atoms with Crippen molar-refractivity contribution in [2.45, 2.75) is 325 Å². The van der Waals surface area contributed by atoms with Gasteiger partial charge in [0.25, 0.3) is 0 Å². The molecule has 0 aliphatic carbocycles. The number of hydrogen-bond donors (Lipinski definition) is 9. The van der Waals surface area contributed by atoms with Crippen LogP contribution in [-0.4, -0.2) is 140 Å². The fraction of sp³-hybridized carbons (Fsp3) is 0.806. The Morgan fingerprint density at radius 1 is 0.457 bits per heavy atom. The normalized spacial score (nSPS) is 24.6. The fourth-order valence-corrected chi connectivity index (χ4v) is 10.4. The predicted octanol–water partition coefficient (Wildman–Crippen LogP) is 12.3. The summed E-state index contributed by atoms with van der Waals surface area (Å²) in [7, 11) is 0. The molecule has 2 aliphatic rings. The molecule has 12 atom stereocenters. The average molecular weight is 1150 g/mol. The van der Waals surface area contributed by atoms with E-state index >= 15 is 0 Å². The molecule has 0 spiro atoms. The molecule has 0 aromatic carbocycles. The third kappa shape index (κ3) is 36.8. The first-order valence-corrected chi connectivity index (χ1v) is 32.7. The Bertz CT molecular complexity index is 1630. The van der Waals surface area contributed by atoms with Gasteiger partial charge in [0.1, 0.15) is 48.8 Å². The van der Waals surface area contributed by atoms with Crippen LogP contribution in [-0.2, 0) is 23.7 Å². The van der Waals surface area contributed by atoms with E-state index in [0.717, 1.165) is 57.8 Å². The van der Waals surface area contributed by atoms with E-state index in [4.69, 9.17) is 18.9 Å². The maximum absolute atomic E-state index is 13.3. The van der Waals surface area contributed by atoms with Gasteiger partial charge in [0.05, 0.1) is 32.0 Å². The van der Waals surface area contributed by atoms with Gasteiger partial charge in [-0.1, -0.05) is 247 Å². The van der Waals surface area contributed by atoms with E-state index in [2.05, 4.69) is 79.9 Å². The maximum Gasteiger partial charge on any atom is 0.220 e. The zero-order valence-electron chi connectivity index (χ0n) is 50.8. The molecule has 0 saturated carbocycles. The number of hydrogen-bond acceptors (Lipinski definition) is 13. The maximum atomic E-state index is 13.3. The summed E-state index contributed by atoms with van der Waals surface area (Å²) in [5.41, 5.74) is 0. The van der Waals surface area contributed by atoms with Crippen molar-refractivity contribution in [2.75, 3.05) is 19.8 Å². The highest BCUT2D eigenvalue weighted by molar-refractivity contribution is 5.76. The summed E-state index contributed by atoms with van der Waals surface area (Å²) in [4.78, 5) is 13.3. The van der Waals surface area contributed by atoms with Gasteiger partial charge >= 0.3 is 0 Å². The lowest BCUT2D eigenvalue weighted by molar-refractivity contribution is -0.359. The number of ether oxygens (including phenoxy) is 4. The van der Waals surface area contributed by atoms with E-state index in [0.29, 0.717) is 12.8 Å². The molecule has 0 radical (unpaired) electrons. The summed E-state index contributed by atoms with van der Waals surface area (Å²) in [5, 5.41) is 87.2. The third-order valence-corrected chi connectivity index (χ3v) is 15.6. The standard InChI is InChI=1S/C67H119NO13/c1-3-5-7-9-11-13-15-17-19-21-22-23-24-25-26-27-28-29-30-31-32-33-34-35-37-39-41-43-45-47-49-51-59(72)68-55(56(71)50-48-46-44-42-40-38-36-20-18-16-14-12-10-8-6-4-2)54-78-66-64(77)62(75)65(58(53-70)80-66)81-67-63(76)61(74)60(73)57(52-69)79-67/h5,7,11,13,17,19,22-23,40,42,48,50,55-58,60-67,69-71,73-77H,3-4,6,8-10,12,14-16,18,20-21,24-39,41,43-47,49,51-54H2,1-2H3,(H,68,72)/b7-5-,13-11-,19-17-,23-22-,42-40+,50-48+. The van der Waals surface area contributed by atoms with Gasteiger partial charge in [-0.05, 0) is 70.6 Å². The molecular formula is C67H119NO13. The van der Waals surface area contributed by atoms with Gasteiger partial charge in [-0.2, -0.15) is 0 Å². The zero-order valence-corrected chi connectivity index (χ0v) is 50.8.